The van der Waals surface area contributed by atoms with Gasteiger partial charge in [-0.2, -0.15) is 13.2 Å². The van der Waals surface area contributed by atoms with E-state index in [1.165, 1.54) is 6.07 Å². The molecule has 0 aliphatic heterocycles. The Labute approximate surface area is 143 Å². The molecule has 134 valence electrons. The summed E-state index contributed by atoms with van der Waals surface area (Å²) in [7, 11) is 0. The van der Waals surface area contributed by atoms with Crippen molar-refractivity contribution in [1.82, 2.24) is 0 Å². The molecular formula is C19H19F4NO. The highest BCUT2D eigenvalue weighted by Gasteiger charge is 2.30. The van der Waals surface area contributed by atoms with E-state index in [4.69, 9.17) is 0 Å². The van der Waals surface area contributed by atoms with Gasteiger partial charge in [0, 0.05) is 5.56 Å². The van der Waals surface area contributed by atoms with Gasteiger partial charge in [0.15, 0.2) is 0 Å². The van der Waals surface area contributed by atoms with E-state index in [0.29, 0.717) is 0 Å². The van der Waals surface area contributed by atoms with E-state index in [2.05, 4.69) is 5.32 Å². The Kier molecular flexibility index (Phi) is 4.93. The summed E-state index contributed by atoms with van der Waals surface area (Å²) in [6.45, 7) is 7.68. The molecule has 2 aromatic rings. The lowest BCUT2D eigenvalue weighted by Crippen LogP contribution is -2.17. The van der Waals surface area contributed by atoms with Crippen molar-refractivity contribution in [2.75, 3.05) is 5.32 Å². The average Bonchev–Trinajstić information content (AvgIpc) is 2.48. The highest BCUT2D eigenvalue weighted by atomic mass is 19.4. The monoisotopic (exact) mass is 353 g/mol. The van der Waals surface area contributed by atoms with Crippen molar-refractivity contribution in [3.63, 3.8) is 0 Å². The first kappa shape index (κ1) is 19.0. The fourth-order valence-electron chi connectivity index (χ4n) is 2.58. The number of alkyl halides is 3. The minimum Gasteiger partial charge on any atom is -0.319 e. The number of hydrogen-bond donors (Lipinski definition) is 1. The van der Waals surface area contributed by atoms with Gasteiger partial charge in [0.2, 0.25) is 0 Å². The van der Waals surface area contributed by atoms with E-state index in [0.717, 1.165) is 35.4 Å². The van der Waals surface area contributed by atoms with Gasteiger partial charge in [-0.25, -0.2) is 4.39 Å². The summed E-state index contributed by atoms with van der Waals surface area (Å²) in [5, 5.41) is 2.43. The number of anilines is 1. The second-order valence-corrected chi connectivity index (χ2v) is 6.93. The summed E-state index contributed by atoms with van der Waals surface area (Å²) in [6, 6.07) is 6.67. The number of hydrogen-bond acceptors (Lipinski definition) is 1. The highest BCUT2D eigenvalue weighted by Crippen LogP contribution is 2.31. The van der Waals surface area contributed by atoms with Crippen LogP contribution in [0.5, 0.6) is 0 Å². The molecule has 0 aromatic heterocycles. The summed E-state index contributed by atoms with van der Waals surface area (Å²) in [5.74, 6) is -1.26. The molecule has 0 saturated heterocycles. The van der Waals surface area contributed by atoms with Crippen molar-refractivity contribution in [2.45, 2.75) is 39.3 Å². The molecular weight excluding hydrogens is 334 g/mol. The van der Waals surface area contributed by atoms with Crippen LogP contribution in [0.4, 0.5) is 23.2 Å². The molecule has 2 rings (SSSR count). The number of carbonyl (C=O) groups is 1. The maximum atomic E-state index is 14.2. The Morgan fingerprint density at radius 3 is 2.04 bits per heavy atom. The Bertz CT molecular complexity index is 787. The molecule has 0 atom stereocenters. The second kappa shape index (κ2) is 6.50. The molecule has 0 unspecified atom stereocenters. The molecule has 25 heavy (non-hydrogen) atoms. The average molecular weight is 353 g/mol. The molecule has 0 heterocycles. The topological polar surface area (TPSA) is 29.1 Å². The number of nitrogens with one attached hydrogen (secondary N) is 1. The van der Waals surface area contributed by atoms with Crippen molar-refractivity contribution >= 4 is 11.6 Å². The molecule has 0 radical (unpaired) electrons. The Morgan fingerprint density at radius 1 is 1.00 bits per heavy atom. The Hall–Kier alpha value is -2.37. The Balaban J connectivity index is 2.29. The van der Waals surface area contributed by atoms with E-state index >= 15 is 0 Å². The van der Waals surface area contributed by atoms with Crippen molar-refractivity contribution in [2.24, 2.45) is 0 Å². The van der Waals surface area contributed by atoms with Crippen LogP contribution in [-0.4, -0.2) is 5.91 Å². The minimum absolute atomic E-state index is 0.000392. The summed E-state index contributed by atoms with van der Waals surface area (Å²) >= 11 is 0. The van der Waals surface area contributed by atoms with Crippen molar-refractivity contribution in [3.05, 3.63) is 64.5 Å². The molecule has 6 heteroatoms. The summed E-state index contributed by atoms with van der Waals surface area (Å²) in [6.07, 6.45) is -4.47. The van der Waals surface area contributed by atoms with Crippen LogP contribution in [0.1, 0.15) is 47.8 Å². The second-order valence-electron chi connectivity index (χ2n) is 6.93. The van der Waals surface area contributed by atoms with Gasteiger partial charge in [-0.3, -0.25) is 4.79 Å². The van der Waals surface area contributed by atoms with Crippen LogP contribution in [0.3, 0.4) is 0 Å². The zero-order valence-corrected chi connectivity index (χ0v) is 14.4. The highest BCUT2D eigenvalue weighted by molar-refractivity contribution is 6.04. The van der Waals surface area contributed by atoms with E-state index in [9.17, 15) is 22.4 Å². The number of carbonyl (C=O) groups excluding carboxylic acids is 1. The summed E-state index contributed by atoms with van der Waals surface area (Å²) < 4.78 is 51.8. The van der Waals surface area contributed by atoms with E-state index in [1.54, 1.807) is 13.0 Å². The van der Waals surface area contributed by atoms with Gasteiger partial charge in [-0.15, -0.1) is 0 Å². The smallest absolute Gasteiger partial charge is 0.319 e. The maximum absolute atomic E-state index is 14.2. The fraction of sp³-hybridized carbons (Fsp3) is 0.316. The lowest BCUT2D eigenvalue weighted by Gasteiger charge is -2.23. The standard InChI is InChI=1S/C19H19F4NO/c1-11-9-15(20)16(10-14(11)18(2,3)4)24-17(25)12-5-7-13(8-6-12)19(21,22)23/h5-10H,1-4H3,(H,24,25). The van der Waals surface area contributed by atoms with Gasteiger partial charge in [-0.1, -0.05) is 20.8 Å². The lowest BCUT2D eigenvalue weighted by atomic mass is 9.84. The first-order valence-corrected chi connectivity index (χ1v) is 7.69. The van der Waals surface area contributed by atoms with Gasteiger partial charge in [0.1, 0.15) is 5.82 Å². The summed E-state index contributed by atoms with van der Waals surface area (Å²) in [4.78, 5) is 12.2. The third-order valence-corrected chi connectivity index (χ3v) is 3.84. The minimum atomic E-state index is -4.47. The van der Waals surface area contributed by atoms with Gasteiger partial charge >= 0.3 is 6.18 Å². The van der Waals surface area contributed by atoms with Gasteiger partial charge in [0.05, 0.1) is 11.3 Å². The quantitative estimate of drug-likeness (QED) is 0.689. The molecule has 0 aliphatic carbocycles. The van der Waals surface area contributed by atoms with Crippen LogP contribution < -0.4 is 5.32 Å². The molecule has 0 fully saturated rings. The van der Waals surface area contributed by atoms with Gasteiger partial charge in [-0.05, 0) is 59.9 Å². The van der Waals surface area contributed by atoms with Crippen molar-refractivity contribution < 1.29 is 22.4 Å². The number of benzene rings is 2. The van der Waals surface area contributed by atoms with Crippen LogP contribution in [0, 0.1) is 12.7 Å². The normalized spacial score (nSPS) is 12.2. The zero-order chi connectivity index (χ0) is 19.0. The first-order valence-electron chi connectivity index (χ1n) is 7.69. The van der Waals surface area contributed by atoms with Crippen LogP contribution in [0.2, 0.25) is 0 Å². The van der Waals surface area contributed by atoms with E-state index < -0.39 is 23.5 Å². The van der Waals surface area contributed by atoms with Crippen LogP contribution >= 0.6 is 0 Å². The van der Waals surface area contributed by atoms with E-state index in [1.807, 2.05) is 20.8 Å². The number of rotatable bonds is 2. The third kappa shape index (κ3) is 4.38. The number of halogens is 4. The predicted octanol–water partition coefficient (Wildman–Crippen LogP) is 5.70. The maximum Gasteiger partial charge on any atom is 0.416 e. The summed E-state index contributed by atoms with van der Waals surface area (Å²) in [5.41, 5.74) is 0.562. The zero-order valence-electron chi connectivity index (χ0n) is 14.4. The predicted molar refractivity (Wildman–Crippen MR) is 89.2 cm³/mol. The molecule has 0 spiro atoms. The molecule has 0 bridgehead atoms. The van der Waals surface area contributed by atoms with Crippen LogP contribution in [-0.2, 0) is 11.6 Å². The molecule has 1 N–H and O–H groups in total. The van der Waals surface area contributed by atoms with Crippen molar-refractivity contribution in [1.29, 1.82) is 0 Å². The fourth-order valence-corrected chi connectivity index (χ4v) is 2.58. The number of amides is 1. The molecule has 0 saturated carbocycles. The number of aryl methyl sites for hydroxylation is 1. The lowest BCUT2D eigenvalue weighted by molar-refractivity contribution is -0.137. The SMILES string of the molecule is Cc1cc(F)c(NC(=O)c2ccc(C(F)(F)F)cc2)cc1C(C)(C)C. The molecule has 0 aliphatic rings. The van der Waals surface area contributed by atoms with Crippen LogP contribution in [0.25, 0.3) is 0 Å². The van der Waals surface area contributed by atoms with Crippen LogP contribution in [0.15, 0.2) is 36.4 Å². The molecule has 2 nitrogen and oxygen atoms in total. The Morgan fingerprint density at radius 2 is 1.56 bits per heavy atom. The van der Waals surface area contributed by atoms with Crippen molar-refractivity contribution in [3.8, 4) is 0 Å². The third-order valence-electron chi connectivity index (χ3n) is 3.84. The van der Waals surface area contributed by atoms with E-state index in [-0.39, 0.29) is 16.7 Å². The molecule has 1 amide bonds. The largest absolute Gasteiger partial charge is 0.416 e. The van der Waals surface area contributed by atoms with Gasteiger partial charge < -0.3 is 5.32 Å². The van der Waals surface area contributed by atoms with Gasteiger partial charge in [0.25, 0.3) is 5.91 Å². The first-order chi connectivity index (χ1) is 11.4. The molecule has 2 aromatic carbocycles.